The highest BCUT2D eigenvalue weighted by molar-refractivity contribution is 5.94. The number of aromatic nitrogens is 2. The van der Waals surface area contributed by atoms with E-state index in [4.69, 9.17) is 0 Å². The molecule has 4 heterocycles. The minimum atomic E-state index is 0.0234. The van der Waals surface area contributed by atoms with Crippen molar-refractivity contribution in [2.75, 3.05) is 31.1 Å². The van der Waals surface area contributed by atoms with Crippen molar-refractivity contribution < 1.29 is 9.59 Å². The smallest absolute Gasteiger partial charge is 0.255 e. The molecule has 0 saturated carbocycles. The molecule has 2 aromatic rings. The van der Waals surface area contributed by atoms with Gasteiger partial charge in [0.15, 0.2) is 0 Å². The lowest BCUT2D eigenvalue weighted by atomic mass is 9.95. The Kier molecular flexibility index (Phi) is 6.79. The average molecular weight is 422 g/mol. The molecule has 0 bridgehead atoms. The van der Waals surface area contributed by atoms with E-state index < -0.39 is 0 Å². The van der Waals surface area contributed by atoms with Gasteiger partial charge in [-0.25, -0.2) is 4.98 Å². The van der Waals surface area contributed by atoms with E-state index in [1.165, 1.54) is 0 Å². The van der Waals surface area contributed by atoms with E-state index in [0.29, 0.717) is 18.0 Å². The molecule has 2 aromatic heterocycles. The molecular weight excluding hydrogens is 390 g/mol. The number of hydrogen-bond acceptors (Lipinski definition) is 5. The van der Waals surface area contributed by atoms with E-state index in [1.807, 2.05) is 29.2 Å². The van der Waals surface area contributed by atoms with E-state index in [0.717, 1.165) is 63.2 Å². The predicted octanol–water partition coefficient (Wildman–Crippen LogP) is 2.88. The summed E-state index contributed by atoms with van der Waals surface area (Å²) in [6.07, 6.45) is 8.94. The Morgan fingerprint density at radius 1 is 1.03 bits per heavy atom. The summed E-state index contributed by atoms with van der Waals surface area (Å²) in [6, 6.07) is 7.65. The minimum absolute atomic E-state index is 0.0234. The van der Waals surface area contributed by atoms with Crippen LogP contribution in [0.25, 0.3) is 0 Å². The van der Waals surface area contributed by atoms with Gasteiger partial charge in [0.25, 0.3) is 5.91 Å². The van der Waals surface area contributed by atoms with Crippen LogP contribution in [0.1, 0.15) is 48.5 Å². The maximum atomic E-state index is 12.7. The highest BCUT2D eigenvalue weighted by atomic mass is 16.2. The van der Waals surface area contributed by atoms with Crippen molar-refractivity contribution in [2.24, 2.45) is 11.8 Å². The maximum Gasteiger partial charge on any atom is 0.255 e. The Hall–Kier alpha value is -2.96. The molecule has 0 aromatic carbocycles. The number of carbonyl (C=O) groups excluding carboxylic acids is 2. The lowest BCUT2D eigenvalue weighted by Crippen LogP contribution is -2.40. The third kappa shape index (κ3) is 5.40. The lowest BCUT2D eigenvalue weighted by molar-refractivity contribution is -0.125. The van der Waals surface area contributed by atoms with E-state index in [9.17, 15) is 9.59 Å². The normalized spacial score (nSPS) is 18.1. The van der Waals surface area contributed by atoms with E-state index >= 15 is 0 Å². The van der Waals surface area contributed by atoms with Crippen LogP contribution < -0.4 is 10.2 Å². The summed E-state index contributed by atoms with van der Waals surface area (Å²) in [5.74, 6) is 1.78. The van der Waals surface area contributed by atoms with E-state index in [1.54, 1.807) is 18.6 Å². The molecule has 0 spiro atoms. The van der Waals surface area contributed by atoms with Crippen molar-refractivity contribution in [2.45, 2.75) is 39.2 Å². The third-order valence-corrected chi connectivity index (χ3v) is 6.44. The first kappa shape index (κ1) is 21.3. The van der Waals surface area contributed by atoms with Crippen LogP contribution in [0.3, 0.4) is 0 Å². The predicted molar refractivity (Wildman–Crippen MR) is 120 cm³/mol. The number of piperidine rings is 2. The standard InChI is InChI=1S/C24H31N5O2/c1-18-6-11-29(12-7-18)24(31)21-4-5-22(26-17-21)28-13-8-20(9-14-28)23(30)27-16-19-3-2-10-25-15-19/h2-5,10,15,17-18,20H,6-9,11-14,16H2,1H3,(H,27,30). The highest BCUT2D eigenvalue weighted by Gasteiger charge is 2.26. The molecular formula is C24H31N5O2. The fourth-order valence-corrected chi connectivity index (χ4v) is 4.30. The fourth-order valence-electron chi connectivity index (χ4n) is 4.30. The van der Waals surface area contributed by atoms with Gasteiger partial charge in [0.2, 0.25) is 5.91 Å². The minimum Gasteiger partial charge on any atom is -0.357 e. The summed E-state index contributed by atoms with van der Waals surface area (Å²) in [5, 5.41) is 3.02. The number of rotatable bonds is 5. The number of amides is 2. The molecule has 2 fully saturated rings. The van der Waals surface area contributed by atoms with E-state index in [2.05, 4.69) is 27.1 Å². The van der Waals surface area contributed by atoms with Gasteiger partial charge in [-0.1, -0.05) is 13.0 Å². The number of anilines is 1. The second kappa shape index (κ2) is 9.90. The zero-order chi connectivity index (χ0) is 21.6. The van der Waals surface area contributed by atoms with Gasteiger partial charge in [0.05, 0.1) is 5.56 Å². The molecule has 4 rings (SSSR count). The van der Waals surface area contributed by atoms with Gasteiger partial charge < -0.3 is 15.1 Å². The summed E-state index contributed by atoms with van der Waals surface area (Å²) in [6.45, 7) is 5.99. The number of nitrogens with zero attached hydrogens (tertiary/aromatic N) is 4. The third-order valence-electron chi connectivity index (χ3n) is 6.44. The van der Waals surface area contributed by atoms with Gasteiger partial charge in [-0.3, -0.25) is 14.6 Å². The first-order valence-electron chi connectivity index (χ1n) is 11.3. The van der Waals surface area contributed by atoms with Gasteiger partial charge in [0, 0.05) is 57.2 Å². The quantitative estimate of drug-likeness (QED) is 0.803. The van der Waals surface area contributed by atoms with Gasteiger partial charge in [-0.15, -0.1) is 0 Å². The van der Waals surface area contributed by atoms with Crippen LogP contribution in [0, 0.1) is 11.8 Å². The van der Waals surface area contributed by atoms with Crippen LogP contribution in [0.2, 0.25) is 0 Å². The monoisotopic (exact) mass is 421 g/mol. The first-order chi connectivity index (χ1) is 15.1. The Bertz CT molecular complexity index is 871. The highest BCUT2D eigenvalue weighted by Crippen LogP contribution is 2.23. The summed E-state index contributed by atoms with van der Waals surface area (Å²) >= 11 is 0. The second-order valence-corrected chi connectivity index (χ2v) is 8.72. The van der Waals surface area contributed by atoms with Crippen molar-refractivity contribution in [3.63, 3.8) is 0 Å². The van der Waals surface area contributed by atoms with Crippen LogP contribution in [0.5, 0.6) is 0 Å². The number of carbonyl (C=O) groups is 2. The molecule has 0 aliphatic carbocycles. The largest absolute Gasteiger partial charge is 0.357 e. The summed E-state index contributed by atoms with van der Waals surface area (Å²) in [4.78, 5) is 38.0. The van der Waals surface area contributed by atoms with E-state index in [-0.39, 0.29) is 17.7 Å². The van der Waals surface area contributed by atoms with Crippen LogP contribution in [0.4, 0.5) is 5.82 Å². The van der Waals surface area contributed by atoms with Crippen molar-refractivity contribution >= 4 is 17.6 Å². The van der Waals surface area contributed by atoms with Crippen molar-refractivity contribution in [1.82, 2.24) is 20.2 Å². The number of likely N-dealkylation sites (tertiary alicyclic amines) is 1. The molecule has 2 saturated heterocycles. The zero-order valence-corrected chi connectivity index (χ0v) is 18.2. The van der Waals surface area contributed by atoms with Gasteiger partial charge in [-0.2, -0.15) is 0 Å². The molecule has 7 nitrogen and oxygen atoms in total. The number of nitrogens with one attached hydrogen (secondary N) is 1. The Morgan fingerprint density at radius 2 is 1.81 bits per heavy atom. The zero-order valence-electron chi connectivity index (χ0n) is 18.2. The van der Waals surface area contributed by atoms with Crippen LogP contribution >= 0.6 is 0 Å². The number of hydrogen-bond donors (Lipinski definition) is 1. The topological polar surface area (TPSA) is 78.4 Å². The molecule has 0 unspecified atom stereocenters. The van der Waals surface area contributed by atoms with Crippen molar-refractivity contribution in [1.29, 1.82) is 0 Å². The molecule has 0 radical (unpaired) electrons. The molecule has 2 aliphatic heterocycles. The van der Waals surface area contributed by atoms with Crippen LogP contribution in [-0.4, -0.2) is 52.9 Å². The fraction of sp³-hybridized carbons (Fsp3) is 0.500. The molecule has 0 atom stereocenters. The SMILES string of the molecule is CC1CCN(C(=O)c2ccc(N3CCC(C(=O)NCc4cccnc4)CC3)nc2)CC1. The van der Waals surface area contributed by atoms with Crippen molar-refractivity contribution in [3.8, 4) is 0 Å². The second-order valence-electron chi connectivity index (χ2n) is 8.72. The molecule has 1 N–H and O–H groups in total. The summed E-state index contributed by atoms with van der Waals surface area (Å²) in [5.41, 5.74) is 1.66. The number of pyridine rings is 2. The van der Waals surface area contributed by atoms with Crippen LogP contribution in [0.15, 0.2) is 42.9 Å². The summed E-state index contributed by atoms with van der Waals surface area (Å²) < 4.78 is 0. The molecule has 164 valence electrons. The molecule has 31 heavy (non-hydrogen) atoms. The van der Waals surface area contributed by atoms with Gasteiger partial charge in [-0.05, 0) is 55.4 Å². The van der Waals surface area contributed by atoms with Gasteiger partial charge in [0.1, 0.15) is 5.82 Å². The molecule has 7 heteroatoms. The lowest BCUT2D eigenvalue weighted by Gasteiger charge is -2.32. The summed E-state index contributed by atoms with van der Waals surface area (Å²) in [7, 11) is 0. The van der Waals surface area contributed by atoms with Gasteiger partial charge >= 0.3 is 0 Å². The maximum absolute atomic E-state index is 12.7. The Balaban J connectivity index is 1.26. The average Bonchev–Trinajstić information content (AvgIpc) is 2.83. The molecule has 2 amide bonds. The van der Waals surface area contributed by atoms with Crippen molar-refractivity contribution in [3.05, 3.63) is 54.0 Å². The molecule has 2 aliphatic rings. The Morgan fingerprint density at radius 3 is 2.45 bits per heavy atom. The Labute approximate surface area is 183 Å². The van der Waals surface area contributed by atoms with Crippen LogP contribution in [-0.2, 0) is 11.3 Å². The first-order valence-corrected chi connectivity index (χ1v) is 11.3.